The Morgan fingerprint density at radius 1 is 0.786 bits per heavy atom. The average molecular weight is 416 g/mol. The first-order chi connectivity index (χ1) is 13.5. The van der Waals surface area contributed by atoms with E-state index >= 15 is 0 Å². The predicted octanol–water partition coefficient (Wildman–Crippen LogP) is 4.72. The number of carbonyl (C=O) groups excluding carboxylic acids is 1. The Kier molecular flexibility index (Phi) is 10.6. The molecule has 0 aromatic carbocycles. The lowest BCUT2D eigenvalue weighted by molar-refractivity contribution is 0.193. The average Bonchev–Trinajstić information content (AvgIpc) is 2.64. The minimum absolute atomic E-state index is 0.355. The number of rotatable bonds is 5. The van der Waals surface area contributed by atoms with Crippen molar-refractivity contribution >= 4 is 16.1 Å². The summed E-state index contributed by atoms with van der Waals surface area (Å²) in [6.07, 6.45) is 18.0. The van der Waals surface area contributed by atoms with Crippen LogP contribution in [0.5, 0.6) is 0 Å². The summed E-state index contributed by atoms with van der Waals surface area (Å²) in [5, 5.41) is -0.392. The van der Waals surface area contributed by atoms with Crippen molar-refractivity contribution in [1.82, 2.24) is 15.2 Å². The number of urea groups is 1. The van der Waals surface area contributed by atoms with Gasteiger partial charge in [0.05, 0.1) is 5.25 Å². The number of amides is 2. The number of nitrogens with zero attached hydrogens (tertiary/aromatic N) is 1. The van der Waals surface area contributed by atoms with E-state index in [9.17, 15) is 13.2 Å². The molecule has 2 rings (SSSR count). The molecule has 28 heavy (non-hydrogen) atoms. The van der Waals surface area contributed by atoms with Gasteiger partial charge >= 0.3 is 6.03 Å². The van der Waals surface area contributed by atoms with Gasteiger partial charge in [0.2, 0.25) is 10.0 Å². The van der Waals surface area contributed by atoms with Gasteiger partial charge < -0.3 is 4.90 Å². The summed E-state index contributed by atoms with van der Waals surface area (Å²) >= 11 is 0. The van der Waals surface area contributed by atoms with Crippen molar-refractivity contribution in [2.24, 2.45) is 5.92 Å². The van der Waals surface area contributed by atoms with Crippen LogP contribution in [-0.4, -0.2) is 38.2 Å². The quantitative estimate of drug-likeness (QED) is 0.638. The fraction of sp³-hybridized carbons (Fsp3) is 0.952. The van der Waals surface area contributed by atoms with Gasteiger partial charge in [-0.2, -0.15) is 0 Å². The number of hydrogen-bond acceptors (Lipinski definition) is 3. The molecule has 0 unspecified atom stereocenters. The molecule has 2 fully saturated rings. The number of sulfonamides is 1. The Morgan fingerprint density at radius 2 is 1.21 bits per heavy atom. The second-order valence-electron chi connectivity index (χ2n) is 8.84. The van der Waals surface area contributed by atoms with Crippen LogP contribution in [-0.2, 0) is 10.0 Å². The lowest BCUT2D eigenvalue weighted by Crippen LogP contribution is -2.51. The maximum absolute atomic E-state index is 12.6. The summed E-state index contributed by atoms with van der Waals surface area (Å²) in [6.45, 7) is 0.691. The third-order valence-corrected chi connectivity index (χ3v) is 8.13. The Bertz CT molecular complexity index is 535. The molecule has 2 aliphatic carbocycles. The van der Waals surface area contributed by atoms with Crippen molar-refractivity contribution in [1.29, 1.82) is 0 Å². The molecular formula is C21H41N3O3S. The molecule has 2 amide bonds. The highest BCUT2D eigenvalue weighted by molar-refractivity contribution is 7.90. The lowest BCUT2D eigenvalue weighted by Gasteiger charge is -2.26. The largest absolute Gasteiger partial charge is 0.332 e. The van der Waals surface area contributed by atoms with E-state index < -0.39 is 15.3 Å². The number of hydrazine groups is 1. The minimum atomic E-state index is -3.51. The standard InChI is InChI=1S/C21H41N3O3S/c1-24(18-19-14-10-6-3-2-4-7-11-15-19)21(25)22-23-28(26,27)20-16-12-8-5-9-13-17-20/h19-20,23H,2-18H2,1H3,(H,22,25). The van der Waals surface area contributed by atoms with Gasteiger partial charge in [0.1, 0.15) is 0 Å². The molecule has 2 saturated carbocycles. The molecule has 0 atom stereocenters. The second kappa shape index (κ2) is 12.7. The van der Waals surface area contributed by atoms with Gasteiger partial charge in [-0.3, -0.25) is 5.43 Å². The fourth-order valence-corrected chi connectivity index (χ4v) is 5.92. The van der Waals surface area contributed by atoms with E-state index in [0.717, 1.165) is 38.5 Å². The zero-order chi connectivity index (χ0) is 20.2. The summed E-state index contributed by atoms with van der Waals surface area (Å²) in [4.78, 5) is 16.4. The van der Waals surface area contributed by atoms with Gasteiger partial charge in [-0.25, -0.2) is 13.2 Å². The van der Waals surface area contributed by atoms with Crippen molar-refractivity contribution < 1.29 is 13.2 Å². The summed E-state index contributed by atoms with van der Waals surface area (Å²) in [6, 6.07) is -0.355. The molecule has 0 heterocycles. The minimum Gasteiger partial charge on any atom is -0.326 e. The van der Waals surface area contributed by atoms with Crippen LogP contribution in [0.3, 0.4) is 0 Å². The molecule has 0 bridgehead atoms. The predicted molar refractivity (Wildman–Crippen MR) is 114 cm³/mol. The third-order valence-electron chi connectivity index (χ3n) is 6.39. The molecule has 0 aromatic heterocycles. The summed E-state index contributed by atoms with van der Waals surface area (Å²) < 4.78 is 25.2. The van der Waals surface area contributed by atoms with Crippen LogP contribution < -0.4 is 10.3 Å². The molecule has 0 aromatic rings. The molecule has 6 nitrogen and oxygen atoms in total. The Morgan fingerprint density at radius 3 is 1.71 bits per heavy atom. The zero-order valence-corrected chi connectivity index (χ0v) is 18.6. The first-order valence-corrected chi connectivity index (χ1v) is 13.1. The van der Waals surface area contributed by atoms with E-state index in [1.165, 1.54) is 51.4 Å². The highest BCUT2D eigenvalue weighted by Crippen LogP contribution is 2.23. The molecule has 164 valence electrons. The molecule has 0 spiro atoms. The Hall–Kier alpha value is -0.820. The molecule has 0 saturated heterocycles. The first-order valence-electron chi connectivity index (χ1n) is 11.5. The van der Waals surface area contributed by atoms with Crippen molar-refractivity contribution in [3.8, 4) is 0 Å². The van der Waals surface area contributed by atoms with E-state index in [4.69, 9.17) is 0 Å². The fourth-order valence-electron chi connectivity index (χ4n) is 4.57. The Labute approximate surface area is 172 Å². The Balaban J connectivity index is 1.78. The monoisotopic (exact) mass is 415 g/mol. The van der Waals surface area contributed by atoms with E-state index in [1.54, 1.807) is 11.9 Å². The molecule has 0 radical (unpaired) electrons. The molecule has 7 heteroatoms. The smallest absolute Gasteiger partial charge is 0.326 e. The van der Waals surface area contributed by atoms with Gasteiger partial charge in [0, 0.05) is 13.6 Å². The lowest BCUT2D eigenvalue weighted by atomic mass is 9.92. The van der Waals surface area contributed by atoms with Crippen molar-refractivity contribution in [3.05, 3.63) is 0 Å². The molecule has 2 aliphatic rings. The van der Waals surface area contributed by atoms with Crippen molar-refractivity contribution in [2.45, 2.75) is 108 Å². The molecule has 0 aliphatic heterocycles. The topological polar surface area (TPSA) is 78.5 Å². The van der Waals surface area contributed by atoms with Crippen LogP contribution in [0.2, 0.25) is 0 Å². The van der Waals surface area contributed by atoms with Gasteiger partial charge in [-0.05, 0) is 31.6 Å². The highest BCUT2D eigenvalue weighted by Gasteiger charge is 2.26. The normalized spacial score (nSPS) is 22.0. The number of carbonyl (C=O) groups is 1. The SMILES string of the molecule is CN(CC1CCCCCCCCC1)C(=O)NNS(=O)(=O)C1CCCCCCC1. The van der Waals surface area contributed by atoms with E-state index in [1.807, 2.05) is 0 Å². The summed E-state index contributed by atoms with van der Waals surface area (Å²) in [5.74, 6) is 0.510. The van der Waals surface area contributed by atoms with Crippen LogP contribution in [0.1, 0.15) is 103 Å². The number of hydrogen-bond donors (Lipinski definition) is 2. The van der Waals surface area contributed by atoms with Crippen LogP contribution >= 0.6 is 0 Å². The van der Waals surface area contributed by atoms with Crippen LogP contribution in [0.15, 0.2) is 0 Å². The second-order valence-corrected chi connectivity index (χ2v) is 10.8. The van der Waals surface area contributed by atoms with Gasteiger partial charge in [-0.15, -0.1) is 4.83 Å². The van der Waals surface area contributed by atoms with Crippen LogP contribution in [0.25, 0.3) is 0 Å². The van der Waals surface area contributed by atoms with E-state index in [-0.39, 0.29) is 6.03 Å². The van der Waals surface area contributed by atoms with Crippen LogP contribution in [0.4, 0.5) is 4.79 Å². The van der Waals surface area contributed by atoms with Gasteiger partial charge in [0.15, 0.2) is 0 Å². The maximum atomic E-state index is 12.6. The summed E-state index contributed by atoms with van der Waals surface area (Å²) in [7, 11) is -1.75. The zero-order valence-electron chi connectivity index (χ0n) is 17.8. The summed E-state index contributed by atoms with van der Waals surface area (Å²) in [5.41, 5.74) is 2.44. The van der Waals surface area contributed by atoms with Gasteiger partial charge in [-0.1, -0.05) is 77.0 Å². The van der Waals surface area contributed by atoms with Gasteiger partial charge in [0.25, 0.3) is 0 Å². The van der Waals surface area contributed by atoms with E-state index in [2.05, 4.69) is 10.3 Å². The van der Waals surface area contributed by atoms with Crippen LogP contribution in [0, 0.1) is 5.92 Å². The number of nitrogens with one attached hydrogen (secondary N) is 2. The van der Waals surface area contributed by atoms with Crippen molar-refractivity contribution in [3.63, 3.8) is 0 Å². The first kappa shape index (κ1) is 23.5. The maximum Gasteiger partial charge on any atom is 0.332 e. The molecule has 2 N–H and O–H groups in total. The molecular weight excluding hydrogens is 374 g/mol. The third kappa shape index (κ3) is 8.68. The van der Waals surface area contributed by atoms with E-state index in [0.29, 0.717) is 25.3 Å². The highest BCUT2D eigenvalue weighted by atomic mass is 32.2. The van der Waals surface area contributed by atoms with Crippen molar-refractivity contribution in [2.75, 3.05) is 13.6 Å².